The Morgan fingerprint density at radius 1 is 1.16 bits per heavy atom. The van der Waals surface area contributed by atoms with E-state index in [0.29, 0.717) is 29.1 Å². The van der Waals surface area contributed by atoms with Crippen LogP contribution < -0.4 is 15.5 Å². The van der Waals surface area contributed by atoms with Gasteiger partial charge in [-0.25, -0.2) is 4.98 Å². The summed E-state index contributed by atoms with van der Waals surface area (Å²) < 4.78 is 42.1. The average molecular weight is 530 g/mol. The molecule has 2 N–H and O–H groups in total. The van der Waals surface area contributed by atoms with Crippen LogP contribution in [0.5, 0.6) is 0 Å². The molecular weight excluding hydrogens is 495 g/mol. The van der Waals surface area contributed by atoms with E-state index in [4.69, 9.17) is 0 Å². The highest BCUT2D eigenvalue weighted by atomic mass is 19.4. The number of piperazine rings is 1. The summed E-state index contributed by atoms with van der Waals surface area (Å²) in [6.45, 7) is 13.8. The molecule has 8 nitrogen and oxygen atoms in total. The second-order valence-electron chi connectivity index (χ2n) is 8.81. The minimum absolute atomic E-state index is 0.0945. The number of carbonyl (C=O) groups excluding carboxylic acids is 1. The molecule has 2 heterocycles. The van der Waals surface area contributed by atoms with Crippen LogP contribution in [-0.4, -0.2) is 72.9 Å². The van der Waals surface area contributed by atoms with E-state index in [1.165, 1.54) is 24.4 Å². The second-order valence-corrected chi connectivity index (χ2v) is 8.81. The van der Waals surface area contributed by atoms with Crippen LogP contribution in [0.2, 0.25) is 0 Å². The summed E-state index contributed by atoms with van der Waals surface area (Å²) in [5, 5.41) is 5.87. The van der Waals surface area contributed by atoms with E-state index in [1.54, 1.807) is 25.1 Å². The third kappa shape index (κ3) is 6.78. The molecule has 0 saturated carbocycles. The average Bonchev–Trinajstić information content (AvgIpc) is 2.92. The molecule has 0 unspecified atom stereocenters. The quantitative estimate of drug-likeness (QED) is 0.247. The number of hydrogen-bond acceptors (Lipinski definition) is 8. The molecule has 1 aromatic heterocycles. The Hall–Kier alpha value is -3.70. The maximum absolute atomic E-state index is 14.0. The van der Waals surface area contributed by atoms with Gasteiger partial charge in [-0.05, 0) is 30.3 Å². The predicted octanol–water partition coefficient (Wildman–Crippen LogP) is 4.68. The van der Waals surface area contributed by atoms with Gasteiger partial charge in [0.05, 0.1) is 23.1 Å². The molecule has 2 aromatic rings. The Kier molecular flexibility index (Phi) is 9.65. The minimum Gasteiger partial charge on any atom is -0.384 e. The van der Waals surface area contributed by atoms with Crippen LogP contribution in [-0.2, 0) is 17.5 Å². The van der Waals surface area contributed by atoms with E-state index in [2.05, 4.69) is 45.6 Å². The monoisotopic (exact) mass is 529 g/mol. The van der Waals surface area contributed by atoms with Gasteiger partial charge in [0, 0.05) is 58.1 Å². The highest BCUT2D eigenvalue weighted by Gasteiger charge is 2.34. The lowest BCUT2D eigenvalue weighted by Gasteiger charge is -2.34. The number of rotatable bonds is 11. The number of carbonyl (C=O) groups is 1. The van der Waals surface area contributed by atoms with Gasteiger partial charge in [0.15, 0.2) is 12.1 Å². The normalized spacial score (nSPS) is 15.4. The molecular formula is C27H34F3N7O. The van der Waals surface area contributed by atoms with Crippen LogP contribution in [0.3, 0.4) is 0 Å². The van der Waals surface area contributed by atoms with Gasteiger partial charge in [-0.1, -0.05) is 32.2 Å². The molecule has 1 aliphatic heterocycles. The maximum atomic E-state index is 14.0. The van der Waals surface area contributed by atoms with Crippen molar-refractivity contribution in [3.05, 3.63) is 72.1 Å². The first-order valence-electron chi connectivity index (χ1n) is 12.3. The fraction of sp³-hybridized carbons (Fsp3) is 0.370. The number of halogens is 3. The van der Waals surface area contributed by atoms with Gasteiger partial charge in [0.25, 0.3) is 0 Å². The number of likely N-dealkylation sites (N-methyl/N-ethyl adjacent to an activating group) is 2. The van der Waals surface area contributed by atoms with E-state index < -0.39 is 11.7 Å². The van der Waals surface area contributed by atoms with Gasteiger partial charge >= 0.3 is 6.18 Å². The van der Waals surface area contributed by atoms with Crippen molar-refractivity contribution >= 4 is 29.4 Å². The van der Waals surface area contributed by atoms with Gasteiger partial charge < -0.3 is 20.4 Å². The Labute approximate surface area is 221 Å². The third-order valence-corrected chi connectivity index (χ3v) is 6.53. The van der Waals surface area contributed by atoms with E-state index in [-0.39, 0.29) is 23.7 Å². The smallest absolute Gasteiger partial charge is 0.384 e. The molecule has 0 amide bonds. The number of benzene rings is 1. The van der Waals surface area contributed by atoms with Crippen molar-refractivity contribution < 1.29 is 18.0 Å². The number of allylic oxidation sites excluding steroid dienone is 3. The molecule has 1 fully saturated rings. The lowest BCUT2D eigenvalue weighted by Crippen LogP contribution is -2.45. The molecule has 3 rings (SSSR count). The van der Waals surface area contributed by atoms with Gasteiger partial charge in [0.2, 0.25) is 5.95 Å². The third-order valence-electron chi connectivity index (χ3n) is 6.53. The standard InChI is InChI=1S/C27H34F3N7O/c1-6-19(18-38)24(7-2)35(5)25-23(31-4)16-32-26(34-25)33-21-10-9-20(22(15-21)27(28,29)30)17-37-13-11-36(8-3)12-14-37/h6-7,9-10,15-16,18,31H,1-2,8,11-14,17H2,3-5H3,(H,32,33,34)/b24-19-. The summed E-state index contributed by atoms with van der Waals surface area (Å²) in [4.78, 5) is 26.2. The van der Waals surface area contributed by atoms with Crippen LogP contribution in [0.1, 0.15) is 18.1 Å². The van der Waals surface area contributed by atoms with Crippen LogP contribution in [0.25, 0.3) is 0 Å². The van der Waals surface area contributed by atoms with Crippen LogP contribution in [0, 0.1) is 0 Å². The lowest BCUT2D eigenvalue weighted by atomic mass is 10.0. The number of aromatic nitrogens is 2. The van der Waals surface area contributed by atoms with Gasteiger partial charge in [-0.15, -0.1) is 0 Å². The molecule has 11 heteroatoms. The molecule has 1 saturated heterocycles. The maximum Gasteiger partial charge on any atom is 0.416 e. The number of anilines is 4. The Balaban J connectivity index is 1.90. The first kappa shape index (κ1) is 28.9. The van der Waals surface area contributed by atoms with Crippen molar-refractivity contribution in [1.82, 2.24) is 19.8 Å². The summed E-state index contributed by atoms with van der Waals surface area (Å²) in [5.74, 6) is 0.483. The van der Waals surface area contributed by atoms with E-state index >= 15 is 0 Å². The molecule has 1 aliphatic rings. The van der Waals surface area contributed by atoms with Crippen LogP contribution >= 0.6 is 0 Å². The number of hydrogen-bond donors (Lipinski definition) is 2. The molecule has 204 valence electrons. The molecule has 0 bridgehead atoms. The van der Waals surface area contributed by atoms with E-state index in [0.717, 1.165) is 38.8 Å². The van der Waals surface area contributed by atoms with Crippen molar-refractivity contribution in [2.45, 2.75) is 19.6 Å². The molecule has 38 heavy (non-hydrogen) atoms. The van der Waals surface area contributed by atoms with Crippen molar-refractivity contribution in [3.63, 3.8) is 0 Å². The fourth-order valence-electron chi connectivity index (χ4n) is 4.33. The topological polar surface area (TPSA) is 76.6 Å². The number of aldehydes is 1. The van der Waals surface area contributed by atoms with Crippen molar-refractivity contribution in [2.24, 2.45) is 0 Å². The highest BCUT2D eigenvalue weighted by Crippen LogP contribution is 2.35. The first-order chi connectivity index (χ1) is 18.1. The van der Waals surface area contributed by atoms with E-state index in [9.17, 15) is 18.0 Å². The SMILES string of the molecule is C=C/C(C=O)=C(\C=C)N(C)c1nc(Nc2ccc(CN3CCN(CC)CC3)c(C(F)(F)F)c2)ncc1NC. The van der Waals surface area contributed by atoms with Crippen molar-refractivity contribution in [3.8, 4) is 0 Å². The number of nitrogens with zero attached hydrogens (tertiary/aromatic N) is 5. The van der Waals surface area contributed by atoms with Gasteiger partial charge in [0.1, 0.15) is 0 Å². The minimum atomic E-state index is -4.51. The Bertz CT molecular complexity index is 1180. The van der Waals surface area contributed by atoms with Gasteiger partial charge in [-0.2, -0.15) is 18.2 Å². The Morgan fingerprint density at radius 2 is 1.84 bits per heavy atom. The summed E-state index contributed by atoms with van der Waals surface area (Å²) >= 11 is 0. The molecule has 0 atom stereocenters. The predicted molar refractivity (Wildman–Crippen MR) is 146 cm³/mol. The second kappa shape index (κ2) is 12.7. The molecule has 0 radical (unpaired) electrons. The van der Waals surface area contributed by atoms with Crippen LogP contribution in [0.4, 0.5) is 36.3 Å². The lowest BCUT2D eigenvalue weighted by molar-refractivity contribution is -0.138. The largest absolute Gasteiger partial charge is 0.416 e. The Morgan fingerprint density at radius 3 is 2.39 bits per heavy atom. The fourth-order valence-corrected chi connectivity index (χ4v) is 4.33. The van der Waals surface area contributed by atoms with Gasteiger partial charge in [-0.3, -0.25) is 9.69 Å². The summed E-state index contributed by atoms with van der Waals surface area (Å²) in [6.07, 6.45) is 0.551. The zero-order chi connectivity index (χ0) is 27.9. The van der Waals surface area contributed by atoms with E-state index in [1.807, 2.05) is 4.90 Å². The summed E-state index contributed by atoms with van der Waals surface area (Å²) in [5.41, 5.74) is 1.05. The molecule has 0 aliphatic carbocycles. The van der Waals surface area contributed by atoms with Crippen molar-refractivity contribution in [1.29, 1.82) is 0 Å². The molecule has 0 spiro atoms. The van der Waals surface area contributed by atoms with Crippen molar-refractivity contribution in [2.75, 3.05) is 62.4 Å². The zero-order valence-electron chi connectivity index (χ0n) is 22.0. The summed E-state index contributed by atoms with van der Waals surface area (Å²) in [7, 11) is 3.37. The number of alkyl halides is 3. The molecule has 1 aromatic carbocycles. The first-order valence-corrected chi connectivity index (χ1v) is 12.3. The zero-order valence-corrected chi connectivity index (χ0v) is 22.0. The number of nitrogens with one attached hydrogen (secondary N) is 2. The van der Waals surface area contributed by atoms with Crippen LogP contribution in [0.15, 0.2) is 61.0 Å². The summed E-state index contributed by atoms with van der Waals surface area (Å²) in [6, 6.07) is 4.20. The highest BCUT2D eigenvalue weighted by molar-refractivity contribution is 5.82.